The number of carbonyl (C=O) groups is 1. The van der Waals surface area contributed by atoms with Gasteiger partial charge in [0.25, 0.3) is 0 Å². The van der Waals surface area contributed by atoms with Gasteiger partial charge in [0.15, 0.2) is 0 Å². The number of hydrogen-bond acceptors (Lipinski definition) is 3. The van der Waals surface area contributed by atoms with Crippen LogP contribution >= 0.6 is 0 Å². The molecule has 0 amide bonds. The number of fused-ring (bicyclic) bond motifs is 1. The Morgan fingerprint density at radius 2 is 1.94 bits per heavy atom. The zero-order valence-electron chi connectivity index (χ0n) is 18.6. The Labute approximate surface area is 191 Å². The predicted molar refractivity (Wildman–Crippen MR) is 121 cm³/mol. The van der Waals surface area contributed by atoms with Crippen molar-refractivity contribution in [2.24, 2.45) is 4.99 Å². The monoisotopic (exact) mass is 459 g/mol. The van der Waals surface area contributed by atoms with Crippen LogP contribution in [0.3, 0.4) is 0 Å². The van der Waals surface area contributed by atoms with Crippen molar-refractivity contribution in [2.75, 3.05) is 7.11 Å². The second-order valence-electron chi connectivity index (χ2n) is 8.94. The highest BCUT2D eigenvalue weighted by Crippen LogP contribution is 2.41. The van der Waals surface area contributed by atoms with Gasteiger partial charge in [0, 0.05) is 13.3 Å². The van der Waals surface area contributed by atoms with Crippen LogP contribution in [-0.4, -0.2) is 36.5 Å². The molecule has 1 aromatic rings. The van der Waals surface area contributed by atoms with E-state index in [4.69, 9.17) is 4.74 Å². The summed E-state index contributed by atoms with van der Waals surface area (Å²) < 4.78 is 47.4. The van der Waals surface area contributed by atoms with Gasteiger partial charge in [-0.25, -0.2) is 0 Å². The van der Waals surface area contributed by atoms with Crippen molar-refractivity contribution in [1.82, 2.24) is 0 Å². The number of ether oxygens (including phenoxy) is 1. The topological polar surface area (TPSA) is 58.9 Å². The largest absolute Gasteiger partial charge is 0.481 e. The number of nitrogens with zero attached hydrogens (tertiary/aromatic N) is 1. The normalized spacial score (nSPS) is 28.0. The SMILES string of the molecule is COC1CCC(c2ccc(C(F)(F)F)c(C3=C/C4=C(CC(=O)O)C=NC4CC/C=C\3)c2)CC1. The van der Waals surface area contributed by atoms with Gasteiger partial charge in [-0.15, -0.1) is 0 Å². The Morgan fingerprint density at radius 3 is 2.61 bits per heavy atom. The van der Waals surface area contributed by atoms with Crippen LogP contribution in [-0.2, 0) is 15.7 Å². The summed E-state index contributed by atoms with van der Waals surface area (Å²) in [6, 6.07) is 4.26. The van der Waals surface area contributed by atoms with Crippen molar-refractivity contribution in [2.45, 2.75) is 69.2 Å². The number of alkyl halides is 3. The minimum atomic E-state index is -4.50. The van der Waals surface area contributed by atoms with E-state index < -0.39 is 17.7 Å². The van der Waals surface area contributed by atoms with E-state index in [0.29, 0.717) is 29.6 Å². The maximum atomic E-state index is 14.0. The van der Waals surface area contributed by atoms with E-state index in [2.05, 4.69) is 4.99 Å². The number of hydrogen-bond donors (Lipinski definition) is 1. The zero-order valence-corrected chi connectivity index (χ0v) is 18.6. The number of allylic oxidation sites excluding steroid dienone is 3. The molecule has 1 atom stereocenters. The fourth-order valence-corrected chi connectivity index (χ4v) is 5.06. The van der Waals surface area contributed by atoms with Crippen molar-refractivity contribution in [3.63, 3.8) is 0 Å². The predicted octanol–water partition coefficient (Wildman–Crippen LogP) is 6.34. The maximum Gasteiger partial charge on any atom is 0.417 e. The van der Waals surface area contributed by atoms with Gasteiger partial charge in [0.1, 0.15) is 0 Å². The van der Waals surface area contributed by atoms with Crippen LogP contribution in [0.1, 0.15) is 67.6 Å². The third-order valence-corrected chi connectivity index (χ3v) is 6.84. The Balaban J connectivity index is 1.78. The second kappa shape index (κ2) is 9.67. The van der Waals surface area contributed by atoms with Crippen LogP contribution in [0.15, 0.2) is 52.6 Å². The summed E-state index contributed by atoms with van der Waals surface area (Å²) in [4.78, 5) is 15.7. The third-order valence-electron chi connectivity index (χ3n) is 6.84. The molecule has 0 aromatic heterocycles. The quantitative estimate of drug-likeness (QED) is 0.559. The number of rotatable bonds is 5. The lowest BCUT2D eigenvalue weighted by Crippen LogP contribution is -2.19. The van der Waals surface area contributed by atoms with E-state index in [9.17, 15) is 23.1 Å². The van der Waals surface area contributed by atoms with Crippen molar-refractivity contribution in [1.29, 1.82) is 0 Å². The highest BCUT2D eigenvalue weighted by atomic mass is 19.4. The molecule has 0 saturated heterocycles. The van der Waals surface area contributed by atoms with Crippen LogP contribution in [0.4, 0.5) is 13.2 Å². The van der Waals surface area contributed by atoms with Crippen LogP contribution in [0.2, 0.25) is 0 Å². The first kappa shape index (κ1) is 23.5. The Bertz CT molecular complexity index is 1030. The second-order valence-corrected chi connectivity index (χ2v) is 8.94. The molecule has 1 saturated carbocycles. The van der Waals surface area contributed by atoms with Crippen molar-refractivity contribution in [3.8, 4) is 0 Å². The first-order valence-corrected chi connectivity index (χ1v) is 11.4. The van der Waals surface area contributed by atoms with E-state index in [1.165, 1.54) is 6.07 Å². The van der Waals surface area contributed by atoms with Gasteiger partial charge in [-0.3, -0.25) is 9.79 Å². The van der Waals surface area contributed by atoms with Crippen molar-refractivity contribution >= 4 is 17.8 Å². The summed E-state index contributed by atoms with van der Waals surface area (Å²) in [5.41, 5.74) is 2.08. The number of benzene rings is 1. The van der Waals surface area contributed by atoms with Gasteiger partial charge >= 0.3 is 12.1 Å². The summed E-state index contributed by atoms with van der Waals surface area (Å²) in [6.07, 6.45) is 7.30. The molecule has 1 fully saturated rings. The van der Waals surface area contributed by atoms with E-state index in [1.807, 2.05) is 6.08 Å². The summed E-state index contributed by atoms with van der Waals surface area (Å²) in [7, 11) is 1.70. The lowest BCUT2D eigenvalue weighted by atomic mass is 9.80. The summed E-state index contributed by atoms with van der Waals surface area (Å²) in [6.45, 7) is 0. The molecule has 1 aromatic carbocycles. The highest BCUT2D eigenvalue weighted by Gasteiger charge is 2.35. The molecule has 1 heterocycles. The first-order chi connectivity index (χ1) is 15.8. The van der Waals surface area contributed by atoms with Crippen LogP contribution in [0, 0.1) is 0 Å². The molecular weight excluding hydrogens is 431 g/mol. The summed E-state index contributed by atoms with van der Waals surface area (Å²) >= 11 is 0. The molecule has 1 unspecified atom stereocenters. The number of carboxylic acid groups (broad SMARTS) is 1. The van der Waals surface area contributed by atoms with Crippen LogP contribution in [0.5, 0.6) is 0 Å². The van der Waals surface area contributed by atoms with E-state index in [1.54, 1.807) is 37.6 Å². The molecule has 2 aliphatic carbocycles. The van der Waals surface area contributed by atoms with Gasteiger partial charge < -0.3 is 9.84 Å². The summed E-state index contributed by atoms with van der Waals surface area (Å²) in [5, 5.41) is 9.25. The highest BCUT2D eigenvalue weighted by molar-refractivity contribution is 5.92. The minimum absolute atomic E-state index is 0.139. The van der Waals surface area contributed by atoms with Gasteiger partial charge in [-0.1, -0.05) is 24.3 Å². The molecular formula is C26H28F3NO3. The molecule has 1 aliphatic heterocycles. The van der Waals surface area contributed by atoms with Crippen molar-refractivity contribution in [3.05, 3.63) is 64.3 Å². The molecule has 33 heavy (non-hydrogen) atoms. The van der Waals surface area contributed by atoms with Gasteiger partial charge in [-0.2, -0.15) is 13.2 Å². The molecule has 176 valence electrons. The number of halogens is 3. The molecule has 0 bridgehead atoms. The number of carboxylic acids is 1. The maximum absolute atomic E-state index is 14.0. The lowest BCUT2D eigenvalue weighted by molar-refractivity contribution is -0.138. The molecule has 0 radical (unpaired) electrons. The average Bonchev–Trinajstić information content (AvgIpc) is 3.11. The van der Waals surface area contributed by atoms with Gasteiger partial charge in [-0.05, 0) is 84.4 Å². The van der Waals surface area contributed by atoms with E-state index >= 15 is 0 Å². The minimum Gasteiger partial charge on any atom is -0.481 e. The Hall–Kier alpha value is -2.67. The number of aliphatic carboxylic acids is 1. The molecule has 3 aliphatic rings. The van der Waals surface area contributed by atoms with Gasteiger partial charge in [0.05, 0.1) is 24.1 Å². The third kappa shape index (κ3) is 5.29. The summed E-state index contributed by atoms with van der Waals surface area (Å²) in [5.74, 6) is -0.790. The zero-order chi connectivity index (χ0) is 23.6. The molecule has 4 nitrogen and oxygen atoms in total. The van der Waals surface area contributed by atoms with E-state index in [-0.39, 0.29) is 30.0 Å². The molecule has 4 rings (SSSR count). The standard InChI is InChI=1S/C26H28F3NO3/c1-33-20-9-6-16(7-10-20)17-8-11-23(26(27,28)29)21(12-17)18-4-2-3-5-24-22(13-18)19(15-30-24)14-25(31)32/h2,4,8,11-13,15-16,20,24H,3,5-7,9-10,14H2,1H3,(H,31,32)/b4-2-,18-13+. The molecule has 0 spiro atoms. The lowest BCUT2D eigenvalue weighted by Gasteiger charge is -2.28. The smallest absolute Gasteiger partial charge is 0.417 e. The fourth-order valence-electron chi connectivity index (χ4n) is 5.06. The number of methoxy groups -OCH3 is 1. The number of aliphatic imine (C=N–C) groups is 1. The van der Waals surface area contributed by atoms with Crippen molar-refractivity contribution < 1.29 is 27.8 Å². The van der Waals surface area contributed by atoms with Crippen LogP contribution < -0.4 is 0 Å². The fraction of sp³-hybridized carbons (Fsp3) is 0.462. The first-order valence-electron chi connectivity index (χ1n) is 11.4. The van der Waals surface area contributed by atoms with E-state index in [0.717, 1.165) is 31.2 Å². The molecule has 7 heteroatoms. The van der Waals surface area contributed by atoms with Gasteiger partial charge in [0.2, 0.25) is 0 Å². The Morgan fingerprint density at radius 1 is 1.18 bits per heavy atom. The van der Waals surface area contributed by atoms with Crippen LogP contribution in [0.25, 0.3) is 5.57 Å². The Kier molecular flexibility index (Phi) is 6.88. The average molecular weight is 460 g/mol. The molecule has 1 N–H and O–H groups in total.